The van der Waals surface area contributed by atoms with Crippen LogP contribution in [0.25, 0.3) is 27.6 Å². The van der Waals surface area contributed by atoms with Gasteiger partial charge in [-0.05, 0) is 70.4 Å². The monoisotopic (exact) mass is 396 g/mol. The topological polar surface area (TPSA) is 63.2 Å². The minimum atomic E-state index is -0.395. The minimum absolute atomic E-state index is 0.323. The first-order chi connectivity index (χ1) is 14.1. The van der Waals surface area contributed by atoms with Gasteiger partial charge in [0.15, 0.2) is 23.0 Å². The molecule has 0 unspecified atom stereocenters. The van der Waals surface area contributed by atoms with Gasteiger partial charge < -0.3 is 23.7 Å². The molecule has 152 valence electrons. The van der Waals surface area contributed by atoms with Crippen molar-refractivity contribution in [2.75, 3.05) is 35.0 Å². The maximum atomic E-state index is 11.8. The van der Waals surface area contributed by atoms with Gasteiger partial charge in [-0.25, -0.2) is 4.79 Å². The van der Waals surface area contributed by atoms with Crippen LogP contribution in [0, 0.1) is 0 Å². The first-order valence-electron chi connectivity index (χ1n) is 9.15. The van der Waals surface area contributed by atoms with Crippen molar-refractivity contribution in [3.63, 3.8) is 0 Å². The van der Waals surface area contributed by atoms with Gasteiger partial charge >= 0.3 is 5.97 Å². The lowest BCUT2D eigenvalue weighted by molar-refractivity contribution is -0.137. The van der Waals surface area contributed by atoms with Crippen LogP contribution in [-0.4, -0.2) is 41.0 Å². The first-order valence-corrected chi connectivity index (χ1v) is 9.15. The van der Waals surface area contributed by atoms with E-state index < -0.39 is 5.97 Å². The quantitative estimate of drug-likeness (QED) is 0.330. The van der Waals surface area contributed by atoms with Crippen molar-refractivity contribution in [1.82, 2.24) is 0 Å². The summed E-state index contributed by atoms with van der Waals surface area (Å²) in [6.07, 6.45) is 3.16. The molecule has 0 aliphatic carbocycles. The van der Waals surface area contributed by atoms with Gasteiger partial charge in [0, 0.05) is 6.08 Å². The Bertz CT molecular complexity index is 1080. The molecule has 6 heteroatoms. The van der Waals surface area contributed by atoms with Crippen LogP contribution in [0.15, 0.2) is 36.4 Å². The molecule has 0 N–H and O–H groups in total. The van der Waals surface area contributed by atoms with E-state index >= 15 is 0 Å². The molecule has 0 saturated heterocycles. The van der Waals surface area contributed by atoms with Gasteiger partial charge in [0.25, 0.3) is 0 Å². The SMILES string of the molecule is CCOC(=O)/C=C/c1cc2cc(OC)c(OC)cc2c2cc(OC)c(OC)cc12. The zero-order valence-electron chi connectivity index (χ0n) is 17.2. The lowest BCUT2D eigenvalue weighted by Crippen LogP contribution is -1.99. The summed E-state index contributed by atoms with van der Waals surface area (Å²) in [5.74, 6) is 2.08. The fourth-order valence-corrected chi connectivity index (χ4v) is 3.32. The van der Waals surface area contributed by atoms with Crippen LogP contribution in [0.3, 0.4) is 0 Å². The van der Waals surface area contributed by atoms with Crippen LogP contribution in [-0.2, 0) is 9.53 Å². The lowest BCUT2D eigenvalue weighted by atomic mass is 9.95. The Morgan fingerprint density at radius 3 is 1.83 bits per heavy atom. The molecule has 3 aromatic rings. The average Bonchev–Trinajstić information content (AvgIpc) is 2.75. The lowest BCUT2D eigenvalue weighted by Gasteiger charge is -2.15. The fraction of sp³-hybridized carbons (Fsp3) is 0.261. The third kappa shape index (κ3) is 3.92. The van der Waals surface area contributed by atoms with E-state index in [4.69, 9.17) is 23.7 Å². The second-order valence-corrected chi connectivity index (χ2v) is 6.23. The highest BCUT2D eigenvalue weighted by Gasteiger charge is 2.14. The van der Waals surface area contributed by atoms with Gasteiger partial charge in [0.1, 0.15) is 0 Å². The number of carbonyl (C=O) groups is 1. The Morgan fingerprint density at radius 2 is 1.28 bits per heavy atom. The number of esters is 1. The Balaban J connectivity index is 2.36. The molecular formula is C23H24O6. The predicted octanol–water partition coefficient (Wildman–Crippen LogP) is 4.60. The second kappa shape index (κ2) is 8.73. The number of hydrogen-bond acceptors (Lipinski definition) is 6. The van der Waals surface area contributed by atoms with Crippen molar-refractivity contribution in [3.05, 3.63) is 42.0 Å². The van der Waals surface area contributed by atoms with Gasteiger partial charge in [-0.1, -0.05) is 0 Å². The molecule has 0 radical (unpaired) electrons. The van der Waals surface area contributed by atoms with E-state index in [0.29, 0.717) is 29.6 Å². The number of fused-ring (bicyclic) bond motifs is 3. The van der Waals surface area contributed by atoms with E-state index in [2.05, 4.69) is 0 Å². The predicted molar refractivity (Wildman–Crippen MR) is 113 cm³/mol. The summed E-state index contributed by atoms with van der Waals surface area (Å²) in [5.41, 5.74) is 0.841. The van der Waals surface area contributed by atoms with E-state index in [1.54, 1.807) is 41.4 Å². The Morgan fingerprint density at radius 1 is 0.759 bits per heavy atom. The molecule has 3 aromatic carbocycles. The highest BCUT2D eigenvalue weighted by Crippen LogP contribution is 2.41. The van der Waals surface area contributed by atoms with Gasteiger partial charge in [0.05, 0.1) is 35.0 Å². The molecule has 6 nitrogen and oxygen atoms in total. The fourth-order valence-electron chi connectivity index (χ4n) is 3.32. The number of rotatable bonds is 7. The van der Waals surface area contributed by atoms with Crippen LogP contribution >= 0.6 is 0 Å². The number of hydrogen-bond donors (Lipinski definition) is 0. The Hall–Kier alpha value is -3.41. The molecule has 3 rings (SSSR count). The molecule has 0 atom stereocenters. The van der Waals surface area contributed by atoms with Gasteiger partial charge in [-0.15, -0.1) is 0 Å². The van der Waals surface area contributed by atoms with Gasteiger partial charge in [-0.2, -0.15) is 0 Å². The largest absolute Gasteiger partial charge is 0.493 e. The molecular weight excluding hydrogens is 372 g/mol. The molecule has 0 fully saturated rings. The number of ether oxygens (including phenoxy) is 5. The molecule has 0 amide bonds. The number of benzene rings is 3. The Labute approximate surface area is 169 Å². The third-order valence-electron chi connectivity index (χ3n) is 4.68. The van der Waals surface area contributed by atoms with Crippen molar-refractivity contribution < 1.29 is 28.5 Å². The van der Waals surface area contributed by atoms with Crippen molar-refractivity contribution in [3.8, 4) is 23.0 Å². The smallest absolute Gasteiger partial charge is 0.330 e. The van der Waals surface area contributed by atoms with Crippen LogP contribution in [0.1, 0.15) is 12.5 Å². The van der Waals surface area contributed by atoms with Crippen molar-refractivity contribution >= 4 is 33.6 Å². The summed E-state index contributed by atoms with van der Waals surface area (Å²) in [5, 5.41) is 3.74. The summed E-state index contributed by atoms with van der Waals surface area (Å²) in [6.45, 7) is 2.09. The first kappa shape index (κ1) is 20.3. The Kier molecular flexibility index (Phi) is 6.12. The van der Waals surface area contributed by atoms with E-state index in [1.165, 1.54) is 6.08 Å². The summed E-state index contributed by atoms with van der Waals surface area (Å²) in [6, 6.07) is 9.65. The van der Waals surface area contributed by atoms with E-state index in [-0.39, 0.29) is 0 Å². The van der Waals surface area contributed by atoms with Crippen molar-refractivity contribution in [1.29, 1.82) is 0 Å². The highest BCUT2D eigenvalue weighted by molar-refractivity contribution is 6.13. The molecule has 29 heavy (non-hydrogen) atoms. The summed E-state index contributed by atoms with van der Waals surface area (Å²) < 4.78 is 26.9. The van der Waals surface area contributed by atoms with Crippen LogP contribution in [0.4, 0.5) is 0 Å². The molecule has 0 aliphatic rings. The van der Waals surface area contributed by atoms with Gasteiger partial charge in [-0.3, -0.25) is 0 Å². The maximum Gasteiger partial charge on any atom is 0.330 e. The van der Waals surface area contributed by atoms with E-state index in [9.17, 15) is 4.79 Å². The van der Waals surface area contributed by atoms with E-state index in [1.807, 2.05) is 30.3 Å². The average molecular weight is 396 g/mol. The summed E-state index contributed by atoms with van der Waals surface area (Å²) in [7, 11) is 6.39. The van der Waals surface area contributed by atoms with E-state index in [0.717, 1.165) is 27.1 Å². The third-order valence-corrected chi connectivity index (χ3v) is 4.68. The molecule has 0 bridgehead atoms. The van der Waals surface area contributed by atoms with Crippen LogP contribution in [0.5, 0.6) is 23.0 Å². The normalized spacial score (nSPS) is 11.1. The molecule has 0 saturated carbocycles. The zero-order valence-corrected chi connectivity index (χ0v) is 17.2. The zero-order chi connectivity index (χ0) is 21.0. The van der Waals surface area contributed by atoms with Crippen molar-refractivity contribution in [2.24, 2.45) is 0 Å². The summed E-state index contributed by atoms with van der Waals surface area (Å²) in [4.78, 5) is 11.8. The van der Waals surface area contributed by atoms with Crippen LogP contribution < -0.4 is 18.9 Å². The standard InChI is InChI=1S/C23H24O6/c1-6-29-23(24)8-7-14-9-15-10-19(25-2)20(26-3)12-17(15)18-13-22(28-5)21(27-4)11-16(14)18/h7-13H,6H2,1-5H3/b8-7+. The minimum Gasteiger partial charge on any atom is -0.493 e. The highest BCUT2D eigenvalue weighted by atomic mass is 16.5. The van der Waals surface area contributed by atoms with Crippen LogP contribution in [0.2, 0.25) is 0 Å². The van der Waals surface area contributed by atoms with Gasteiger partial charge in [0.2, 0.25) is 0 Å². The molecule has 0 aromatic heterocycles. The van der Waals surface area contributed by atoms with Crippen molar-refractivity contribution in [2.45, 2.75) is 6.92 Å². The molecule has 0 spiro atoms. The second-order valence-electron chi connectivity index (χ2n) is 6.23. The summed E-state index contributed by atoms with van der Waals surface area (Å²) >= 11 is 0. The number of methoxy groups -OCH3 is 4. The maximum absolute atomic E-state index is 11.8. The number of carbonyl (C=O) groups excluding carboxylic acids is 1. The molecule has 0 aliphatic heterocycles. The molecule has 0 heterocycles.